The van der Waals surface area contributed by atoms with E-state index in [-0.39, 0.29) is 11.7 Å². The molecule has 0 fully saturated rings. The molecule has 0 aliphatic rings. The van der Waals surface area contributed by atoms with Crippen LogP contribution < -0.4 is 5.73 Å². The van der Waals surface area contributed by atoms with E-state index in [1.54, 1.807) is 13.8 Å². The van der Waals surface area contributed by atoms with Gasteiger partial charge in [-0.2, -0.15) is 0 Å². The van der Waals surface area contributed by atoms with Crippen molar-refractivity contribution in [1.82, 2.24) is 4.90 Å². The van der Waals surface area contributed by atoms with E-state index in [4.69, 9.17) is 5.73 Å². The zero-order chi connectivity index (χ0) is 13.9. The summed E-state index contributed by atoms with van der Waals surface area (Å²) in [4.78, 5) is 13.5. The van der Waals surface area contributed by atoms with Crippen LogP contribution in [0, 0.1) is 0 Å². The number of nitrogens with two attached hydrogens (primary N) is 1. The number of carbonyl (C=O) groups excluding carboxylic acids is 1. The number of amides is 1. The molecule has 0 radical (unpaired) electrons. The number of carbonyl (C=O) groups is 1. The Morgan fingerprint density at radius 3 is 2.00 bits per heavy atom. The predicted octanol–water partition coefficient (Wildman–Crippen LogP) is 0.395. The van der Waals surface area contributed by atoms with Gasteiger partial charge in [0.2, 0.25) is 5.91 Å². The van der Waals surface area contributed by atoms with Crippen LogP contribution in [0.25, 0.3) is 0 Å². The predicted molar refractivity (Wildman–Crippen MR) is 69.4 cm³/mol. The van der Waals surface area contributed by atoms with Crippen LogP contribution in [0.5, 0.6) is 0 Å². The summed E-state index contributed by atoms with van der Waals surface area (Å²) in [6, 6.07) is 0. The molecule has 0 saturated carbocycles. The Morgan fingerprint density at radius 2 is 1.71 bits per heavy atom. The Labute approximate surface area is 104 Å². The second kappa shape index (κ2) is 5.82. The fourth-order valence-electron chi connectivity index (χ4n) is 1.59. The maximum Gasteiger partial charge on any atom is 0.240 e. The molecule has 0 aromatic carbocycles. The average Bonchev–Trinajstić information content (AvgIpc) is 2.14. The van der Waals surface area contributed by atoms with E-state index >= 15 is 0 Å². The van der Waals surface area contributed by atoms with E-state index < -0.39 is 20.6 Å². The molecule has 17 heavy (non-hydrogen) atoms. The number of nitrogens with zero attached hydrogens (tertiary/aromatic N) is 1. The van der Waals surface area contributed by atoms with Gasteiger partial charge in [0.1, 0.15) is 5.25 Å². The molecule has 0 aliphatic heterocycles. The Hall–Kier alpha value is -0.620. The first kappa shape index (κ1) is 16.4. The lowest BCUT2D eigenvalue weighted by molar-refractivity contribution is -0.130. The Balaban J connectivity index is 4.92. The minimum atomic E-state index is -3.50. The summed E-state index contributed by atoms with van der Waals surface area (Å²) in [6.45, 7) is 9.39. The quantitative estimate of drug-likeness (QED) is 0.753. The number of hydrogen-bond acceptors (Lipinski definition) is 4. The van der Waals surface area contributed by atoms with E-state index in [2.05, 4.69) is 0 Å². The van der Waals surface area contributed by atoms with Crippen molar-refractivity contribution in [3.05, 3.63) is 0 Å². The SMILES string of the molecule is CCN(CC)C(=O)C(C)S(=O)(=O)CC(C)(C)N. The molecule has 1 unspecified atom stereocenters. The molecule has 6 heteroatoms. The van der Waals surface area contributed by atoms with Crippen molar-refractivity contribution in [1.29, 1.82) is 0 Å². The fourth-order valence-corrected chi connectivity index (χ4v) is 3.33. The molecule has 2 N–H and O–H groups in total. The summed E-state index contributed by atoms with van der Waals surface area (Å²) in [5.74, 6) is -0.534. The molecule has 0 bridgehead atoms. The lowest BCUT2D eigenvalue weighted by Gasteiger charge is -2.25. The minimum absolute atomic E-state index is 0.186. The molecule has 102 valence electrons. The Morgan fingerprint density at radius 1 is 1.29 bits per heavy atom. The lowest BCUT2D eigenvalue weighted by Crippen LogP contribution is -2.47. The maximum absolute atomic E-state index is 12.0. The summed E-state index contributed by atoms with van der Waals surface area (Å²) >= 11 is 0. The summed E-state index contributed by atoms with van der Waals surface area (Å²) in [5.41, 5.74) is 4.87. The Kier molecular flexibility index (Phi) is 5.61. The molecule has 0 spiro atoms. The monoisotopic (exact) mass is 264 g/mol. The summed E-state index contributed by atoms with van der Waals surface area (Å²) < 4.78 is 24.0. The summed E-state index contributed by atoms with van der Waals surface area (Å²) in [6.07, 6.45) is 0. The third kappa shape index (κ3) is 5.04. The highest BCUT2D eigenvalue weighted by molar-refractivity contribution is 7.92. The highest BCUT2D eigenvalue weighted by Gasteiger charge is 2.33. The van der Waals surface area contributed by atoms with Gasteiger partial charge in [0.15, 0.2) is 9.84 Å². The molecule has 1 amide bonds. The molecule has 0 saturated heterocycles. The van der Waals surface area contributed by atoms with E-state index in [0.29, 0.717) is 13.1 Å². The van der Waals surface area contributed by atoms with Crippen LogP contribution in [0.15, 0.2) is 0 Å². The van der Waals surface area contributed by atoms with E-state index in [1.807, 2.05) is 13.8 Å². The number of rotatable bonds is 6. The minimum Gasteiger partial charge on any atom is -0.342 e. The van der Waals surface area contributed by atoms with Gasteiger partial charge >= 0.3 is 0 Å². The largest absolute Gasteiger partial charge is 0.342 e. The van der Waals surface area contributed by atoms with Crippen LogP contribution in [0.3, 0.4) is 0 Å². The molecule has 0 aromatic heterocycles. The van der Waals surface area contributed by atoms with Crippen molar-refractivity contribution < 1.29 is 13.2 Å². The lowest BCUT2D eigenvalue weighted by atomic mass is 10.1. The summed E-state index contributed by atoms with van der Waals surface area (Å²) in [5, 5.41) is -1.02. The van der Waals surface area contributed by atoms with Crippen molar-refractivity contribution in [2.24, 2.45) is 5.73 Å². The van der Waals surface area contributed by atoms with Gasteiger partial charge in [-0.25, -0.2) is 8.42 Å². The fraction of sp³-hybridized carbons (Fsp3) is 0.909. The molecule has 0 heterocycles. The maximum atomic E-state index is 12.0. The van der Waals surface area contributed by atoms with E-state index in [9.17, 15) is 13.2 Å². The van der Waals surface area contributed by atoms with Crippen molar-refractivity contribution >= 4 is 15.7 Å². The molecule has 5 nitrogen and oxygen atoms in total. The van der Waals surface area contributed by atoms with Gasteiger partial charge in [-0.05, 0) is 34.6 Å². The van der Waals surface area contributed by atoms with Crippen molar-refractivity contribution in [3.63, 3.8) is 0 Å². The molecule has 0 aliphatic carbocycles. The van der Waals surface area contributed by atoms with Crippen LogP contribution in [0.1, 0.15) is 34.6 Å². The topological polar surface area (TPSA) is 80.5 Å². The van der Waals surface area contributed by atoms with Crippen LogP contribution in [0.2, 0.25) is 0 Å². The van der Waals surface area contributed by atoms with Crippen molar-refractivity contribution in [2.45, 2.75) is 45.4 Å². The molecular formula is C11H24N2O3S. The molecular weight excluding hydrogens is 240 g/mol. The first-order chi connectivity index (χ1) is 7.55. The zero-order valence-corrected chi connectivity index (χ0v) is 12.2. The van der Waals surface area contributed by atoms with Gasteiger partial charge in [0.25, 0.3) is 0 Å². The van der Waals surface area contributed by atoms with E-state index in [0.717, 1.165) is 0 Å². The first-order valence-corrected chi connectivity index (χ1v) is 7.56. The second-order valence-corrected chi connectivity index (χ2v) is 7.27. The van der Waals surface area contributed by atoms with Gasteiger partial charge in [-0.1, -0.05) is 0 Å². The average molecular weight is 264 g/mol. The number of sulfone groups is 1. The Bertz CT molecular complexity index is 353. The highest BCUT2D eigenvalue weighted by atomic mass is 32.2. The van der Waals surface area contributed by atoms with Crippen LogP contribution in [0.4, 0.5) is 0 Å². The van der Waals surface area contributed by atoms with Gasteiger partial charge in [0, 0.05) is 18.6 Å². The van der Waals surface area contributed by atoms with E-state index in [1.165, 1.54) is 11.8 Å². The molecule has 0 aromatic rings. The normalized spacial score (nSPS) is 14.5. The third-order valence-corrected chi connectivity index (χ3v) is 4.96. The van der Waals surface area contributed by atoms with Gasteiger partial charge < -0.3 is 10.6 Å². The third-order valence-electron chi connectivity index (χ3n) is 2.53. The van der Waals surface area contributed by atoms with Crippen LogP contribution in [-0.4, -0.2) is 48.9 Å². The second-order valence-electron chi connectivity index (χ2n) is 4.95. The zero-order valence-electron chi connectivity index (χ0n) is 11.4. The van der Waals surface area contributed by atoms with Crippen molar-refractivity contribution in [3.8, 4) is 0 Å². The smallest absolute Gasteiger partial charge is 0.240 e. The van der Waals surface area contributed by atoms with Gasteiger partial charge in [-0.3, -0.25) is 4.79 Å². The van der Waals surface area contributed by atoms with Crippen molar-refractivity contribution in [2.75, 3.05) is 18.8 Å². The molecule has 0 rings (SSSR count). The summed E-state index contributed by atoms with van der Waals surface area (Å²) in [7, 11) is -3.50. The van der Waals surface area contributed by atoms with Gasteiger partial charge in [0.05, 0.1) is 5.75 Å². The molecule has 1 atom stereocenters. The highest BCUT2D eigenvalue weighted by Crippen LogP contribution is 2.12. The standard InChI is InChI=1S/C11H24N2O3S/c1-6-13(7-2)10(14)9(3)17(15,16)8-11(4,5)12/h9H,6-8,12H2,1-5H3. The van der Waals surface area contributed by atoms with Crippen LogP contribution in [-0.2, 0) is 14.6 Å². The first-order valence-electron chi connectivity index (χ1n) is 5.84. The van der Waals surface area contributed by atoms with Crippen LogP contribution >= 0.6 is 0 Å². The number of hydrogen-bond donors (Lipinski definition) is 1. The van der Waals surface area contributed by atoms with Gasteiger partial charge in [-0.15, -0.1) is 0 Å².